The second-order valence-corrected chi connectivity index (χ2v) is 7.09. The highest BCUT2D eigenvalue weighted by Crippen LogP contribution is 2.40. The summed E-state index contributed by atoms with van der Waals surface area (Å²) in [6.07, 6.45) is 5.62. The van der Waals surface area contributed by atoms with E-state index in [-0.39, 0.29) is 11.7 Å². The first-order chi connectivity index (χ1) is 11.6. The number of nitrogens with zero attached hydrogens (tertiary/aromatic N) is 1. The van der Waals surface area contributed by atoms with E-state index < -0.39 is 0 Å². The van der Waals surface area contributed by atoms with E-state index in [1.807, 2.05) is 0 Å². The number of phenolic OH excluding ortho intramolecular Hbond substituents is 1. The fraction of sp³-hybridized carbons (Fsp3) is 0.333. The van der Waals surface area contributed by atoms with Crippen LogP contribution in [-0.2, 0) is 17.6 Å². The van der Waals surface area contributed by atoms with Crippen molar-refractivity contribution >= 4 is 40.1 Å². The van der Waals surface area contributed by atoms with E-state index in [1.54, 1.807) is 25.3 Å². The second-order valence-electron chi connectivity index (χ2n) is 5.57. The highest BCUT2D eigenvalue weighted by atomic mass is 35.5. The fourth-order valence-corrected chi connectivity index (χ4v) is 4.21. The van der Waals surface area contributed by atoms with Gasteiger partial charge in [0.05, 0.1) is 12.2 Å². The summed E-state index contributed by atoms with van der Waals surface area (Å²) in [6, 6.07) is 4.77. The van der Waals surface area contributed by atoms with E-state index in [1.165, 1.54) is 22.3 Å². The fourth-order valence-electron chi connectivity index (χ4n) is 2.81. The van der Waals surface area contributed by atoms with Crippen molar-refractivity contribution in [2.24, 2.45) is 4.99 Å². The molecule has 6 heteroatoms. The lowest BCUT2D eigenvalue weighted by Gasteiger charge is -2.11. The minimum atomic E-state index is -0.320. The molecule has 0 atom stereocenters. The summed E-state index contributed by atoms with van der Waals surface area (Å²) in [5.74, 6) is -0.221. The molecule has 1 N–H and O–H groups in total. The molecule has 1 aromatic carbocycles. The van der Waals surface area contributed by atoms with Crippen LogP contribution in [0, 0.1) is 0 Å². The summed E-state index contributed by atoms with van der Waals surface area (Å²) in [7, 11) is 0. The molecular formula is C18H18ClNO3S. The molecule has 1 aromatic heterocycles. The third-order valence-electron chi connectivity index (χ3n) is 3.94. The van der Waals surface area contributed by atoms with Crippen LogP contribution in [0.25, 0.3) is 0 Å². The summed E-state index contributed by atoms with van der Waals surface area (Å²) in [5, 5.41) is 11.1. The smallest absolute Gasteiger partial charge is 0.341 e. The molecule has 0 saturated carbocycles. The van der Waals surface area contributed by atoms with Gasteiger partial charge in [-0.25, -0.2) is 9.79 Å². The average Bonchev–Trinajstić information content (AvgIpc) is 2.94. The Bertz CT molecular complexity index is 798. The molecule has 1 aliphatic carbocycles. The average molecular weight is 364 g/mol. The van der Waals surface area contributed by atoms with Crippen molar-refractivity contribution in [1.82, 2.24) is 0 Å². The Morgan fingerprint density at radius 2 is 2.21 bits per heavy atom. The van der Waals surface area contributed by atoms with Gasteiger partial charge in [-0.1, -0.05) is 11.6 Å². The van der Waals surface area contributed by atoms with Crippen LogP contribution in [0.15, 0.2) is 23.2 Å². The molecule has 4 nitrogen and oxygen atoms in total. The number of thiophene rings is 1. The summed E-state index contributed by atoms with van der Waals surface area (Å²) in [4.78, 5) is 18.0. The number of aryl methyl sites for hydroxylation is 1. The minimum absolute atomic E-state index is 0.0992. The van der Waals surface area contributed by atoms with Crippen LogP contribution in [0.2, 0.25) is 5.02 Å². The van der Waals surface area contributed by atoms with E-state index >= 15 is 0 Å². The van der Waals surface area contributed by atoms with Crippen molar-refractivity contribution < 1.29 is 14.6 Å². The number of ether oxygens (including phenoxy) is 1. The predicted molar refractivity (Wildman–Crippen MR) is 97.3 cm³/mol. The van der Waals surface area contributed by atoms with Crippen molar-refractivity contribution in [2.45, 2.75) is 32.6 Å². The van der Waals surface area contributed by atoms with Gasteiger partial charge in [0.15, 0.2) is 0 Å². The van der Waals surface area contributed by atoms with Gasteiger partial charge in [0.1, 0.15) is 10.8 Å². The third kappa shape index (κ3) is 3.47. The van der Waals surface area contributed by atoms with Crippen molar-refractivity contribution in [1.29, 1.82) is 0 Å². The van der Waals surface area contributed by atoms with Gasteiger partial charge in [0.25, 0.3) is 0 Å². The Hall–Kier alpha value is -1.85. The molecule has 3 rings (SSSR count). The lowest BCUT2D eigenvalue weighted by molar-refractivity contribution is 0.0526. The molecule has 126 valence electrons. The Morgan fingerprint density at radius 1 is 1.42 bits per heavy atom. The van der Waals surface area contributed by atoms with Gasteiger partial charge < -0.3 is 9.84 Å². The van der Waals surface area contributed by atoms with Gasteiger partial charge in [0.2, 0.25) is 0 Å². The molecule has 0 radical (unpaired) electrons. The lowest BCUT2D eigenvalue weighted by atomic mass is 9.95. The monoisotopic (exact) mass is 363 g/mol. The molecule has 0 aliphatic heterocycles. The number of fused-ring (bicyclic) bond motifs is 1. The van der Waals surface area contributed by atoms with E-state index in [0.717, 1.165) is 31.2 Å². The number of carbonyl (C=O) groups is 1. The van der Waals surface area contributed by atoms with Gasteiger partial charge >= 0.3 is 5.97 Å². The molecule has 24 heavy (non-hydrogen) atoms. The number of benzene rings is 1. The van der Waals surface area contributed by atoms with Gasteiger partial charge in [-0.15, -0.1) is 11.3 Å². The SMILES string of the molecule is CCOC(=O)c1c(/N=C/c2cc(Cl)ccc2O)sc2c1CCCC2. The molecule has 0 spiro atoms. The highest BCUT2D eigenvalue weighted by molar-refractivity contribution is 7.16. The first-order valence-corrected chi connectivity index (χ1v) is 9.13. The molecule has 1 aliphatic rings. The van der Waals surface area contributed by atoms with E-state index in [4.69, 9.17) is 16.3 Å². The summed E-state index contributed by atoms with van der Waals surface area (Å²) in [5.41, 5.74) is 2.17. The number of aliphatic imine (C=N–C) groups is 1. The van der Waals surface area contributed by atoms with E-state index in [9.17, 15) is 9.90 Å². The zero-order valence-corrected chi connectivity index (χ0v) is 14.9. The summed E-state index contributed by atoms with van der Waals surface area (Å²) < 4.78 is 5.21. The van der Waals surface area contributed by atoms with Crippen molar-refractivity contribution in [3.05, 3.63) is 44.8 Å². The van der Waals surface area contributed by atoms with Gasteiger partial charge in [-0.05, 0) is 56.4 Å². The first kappa shape index (κ1) is 17.0. The maximum atomic E-state index is 12.4. The molecule has 0 unspecified atom stereocenters. The van der Waals surface area contributed by atoms with Gasteiger partial charge in [-0.2, -0.15) is 0 Å². The van der Waals surface area contributed by atoms with Crippen LogP contribution in [0.3, 0.4) is 0 Å². The molecular weight excluding hydrogens is 346 g/mol. The van der Waals surface area contributed by atoms with Crippen molar-refractivity contribution in [3.63, 3.8) is 0 Å². The zero-order chi connectivity index (χ0) is 17.1. The standard InChI is InChI=1S/C18H18ClNO3S/c1-2-23-18(22)16-13-5-3-4-6-15(13)24-17(16)20-10-11-9-12(19)7-8-14(11)21/h7-10,21H,2-6H2,1H3/b20-10+. The number of phenols is 1. The Kier molecular flexibility index (Phi) is 5.21. The number of carbonyl (C=O) groups excluding carboxylic acids is 1. The number of esters is 1. The number of hydrogen-bond acceptors (Lipinski definition) is 5. The van der Waals surface area contributed by atoms with Crippen LogP contribution in [-0.4, -0.2) is 23.9 Å². The van der Waals surface area contributed by atoms with E-state index in [2.05, 4.69) is 4.99 Å². The molecule has 1 heterocycles. The number of aromatic hydroxyl groups is 1. The molecule has 2 aromatic rings. The number of hydrogen-bond donors (Lipinski definition) is 1. The van der Waals surface area contributed by atoms with Crippen molar-refractivity contribution in [2.75, 3.05) is 6.61 Å². The maximum absolute atomic E-state index is 12.4. The Balaban J connectivity index is 2.00. The predicted octanol–water partition coefficient (Wildman–Crippen LogP) is 4.91. The summed E-state index contributed by atoms with van der Waals surface area (Å²) in [6.45, 7) is 2.13. The summed E-state index contributed by atoms with van der Waals surface area (Å²) >= 11 is 7.49. The topological polar surface area (TPSA) is 58.9 Å². The molecule has 0 amide bonds. The van der Waals surface area contributed by atoms with Crippen molar-refractivity contribution in [3.8, 4) is 5.75 Å². The second kappa shape index (κ2) is 7.36. The number of rotatable bonds is 4. The third-order valence-corrected chi connectivity index (χ3v) is 5.38. The first-order valence-electron chi connectivity index (χ1n) is 7.94. The largest absolute Gasteiger partial charge is 0.507 e. The van der Waals surface area contributed by atoms with Crippen LogP contribution >= 0.6 is 22.9 Å². The number of halogens is 1. The molecule has 0 fully saturated rings. The normalized spacial score (nSPS) is 13.9. The van der Waals surface area contributed by atoms with Crippen LogP contribution in [0.5, 0.6) is 5.75 Å². The molecule has 0 bridgehead atoms. The lowest BCUT2D eigenvalue weighted by Crippen LogP contribution is -2.09. The van der Waals surface area contributed by atoms with Crippen LogP contribution < -0.4 is 0 Å². The van der Waals surface area contributed by atoms with Gasteiger partial charge in [-0.3, -0.25) is 0 Å². The maximum Gasteiger partial charge on any atom is 0.341 e. The zero-order valence-electron chi connectivity index (χ0n) is 13.3. The quantitative estimate of drug-likeness (QED) is 0.620. The Labute approximate surface area is 149 Å². The molecule has 0 saturated heterocycles. The van der Waals surface area contributed by atoms with Gasteiger partial charge in [0, 0.05) is 21.7 Å². The Morgan fingerprint density at radius 3 is 3.00 bits per heavy atom. The highest BCUT2D eigenvalue weighted by Gasteiger charge is 2.26. The minimum Gasteiger partial charge on any atom is -0.507 e. The van der Waals surface area contributed by atoms with Crippen LogP contribution in [0.4, 0.5) is 5.00 Å². The van der Waals surface area contributed by atoms with Crippen LogP contribution in [0.1, 0.15) is 46.1 Å². The van der Waals surface area contributed by atoms with E-state index in [0.29, 0.717) is 27.8 Å².